The van der Waals surface area contributed by atoms with Gasteiger partial charge in [0.15, 0.2) is 0 Å². The Hall–Kier alpha value is -2.08. The summed E-state index contributed by atoms with van der Waals surface area (Å²) in [6, 6.07) is 22.6. The lowest BCUT2D eigenvalue weighted by Crippen LogP contribution is -2.35. The van der Waals surface area contributed by atoms with Crippen LogP contribution in [0.5, 0.6) is 0 Å². The summed E-state index contributed by atoms with van der Waals surface area (Å²) in [5.41, 5.74) is 2.86. The van der Waals surface area contributed by atoms with E-state index in [1.54, 1.807) is 0 Å². The largest absolute Gasteiger partial charge is 0.393 e. The van der Waals surface area contributed by atoms with Gasteiger partial charge in [-0.3, -0.25) is 4.90 Å². The van der Waals surface area contributed by atoms with Crippen LogP contribution in [-0.2, 0) is 13.1 Å². The van der Waals surface area contributed by atoms with E-state index >= 15 is 0 Å². The average molecular weight is 392 g/mol. The maximum atomic E-state index is 8.69. The number of hydrogen-bond acceptors (Lipinski definition) is 2. The predicted molar refractivity (Wildman–Crippen MR) is 123 cm³/mol. The van der Waals surface area contributed by atoms with Crippen LogP contribution in [0.2, 0.25) is 0 Å². The number of aliphatic hydroxyl groups is 1. The third kappa shape index (κ3) is 8.86. The van der Waals surface area contributed by atoms with E-state index in [-0.39, 0.29) is 6.10 Å². The first-order chi connectivity index (χ1) is 14.2. The number of nitrogens with zero attached hydrogens (tertiary/aromatic N) is 1. The molecule has 0 aliphatic heterocycles. The van der Waals surface area contributed by atoms with Crippen LogP contribution in [0.1, 0.15) is 63.0 Å². The van der Waals surface area contributed by atoms with Gasteiger partial charge in [-0.15, -0.1) is 12.8 Å². The van der Waals surface area contributed by atoms with Crippen LogP contribution in [-0.4, -0.2) is 22.2 Å². The lowest BCUT2D eigenvalue weighted by molar-refractivity contribution is 0.140. The van der Waals surface area contributed by atoms with Crippen molar-refractivity contribution in [3.8, 4) is 12.8 Å². The number of rotatable bonds is 6. The lowest BCUT2D eigenvalue weighted by Gasteiger charge is -2.34. The SMILES string of the molecule is C#C.CC(O)C1CC1.c1ccc(CN(Cc2ccccc2)C2CCCCC2)cc1. The maximum absolute atomic E-state index is 8.69. The fourth-order valence-corrected chi connectivity index (χ4v) is 3.97. The van der Waals surface area contributed by atoms with E-state index in [0.29, 0.717) is 5.92 Å². The monoisotopic (exact) mass is 391 g/mol. The predicted octanol–water partition coefficient (Wildman–Crippen LogP) is 6.05. The van der Waals surface area contributed by atoms with Crippen molar-refractivity contribution in [3.63, 3.8) is 0 Å². The molecule has 2 aliphatic rings. The molecule has 4 rings (SSSR count). The zero-order valence-corrected chi connectivity index (χ0v) is 17.9. The Kier molecular flexibility index (Phi) is 10.6. The molecule has 1 unspecified atom stereocenters. The quantitative estimate of drug-likeness (QED) is 0.606. The van der Waals surface area contributed by atoms with E-state index in [1.807, 2.05) is 6.92 Å². The molecule has 156 valence electrons. The fourth-order valence-electron chi connectivity index (χ4n) is 3.97. The molecule has 2 saturated carbocycles. The molecule has 0 spiro atoms. The van der Waals surface area contributed by atoms with E-state index in [9.17, 15) is 0 Å². The van der Waals surface area contributed by atoms with Gasteiger partial charge in [-0.1, -0.05) is 79.9 Å². The molecule has 0 amide bonds. The fraction of sp³-hybridized carbons (Fsp3) is 0.481. The second-order valence-electron chi connectivity index (χ2n) is 8.25. The first-order valence-electron chi connectivity index (χ1n) is 11.1. The smallest absolute Gasteiger partial charge is 0.0540 e. The van der Waals surface area contributed by atoms with Crippen molar-refractivity contribution in [3.05, 3.63) is 71.8 Å². The Morgan fingerprint density at radius 1 is 0.793 bits per heavy atom. The number of hydrogen-bond donors (Lipinski definition) is 1. The second-order valence-corrected chi connectivity index (χ2v) is 8.25. The van der Waals surface area contributed by atoms with Crippen molar-refractivity contribution in [2.75, 3.05) is 0 Å². The summed E-state index contributed by atoms with van der Waals surface area (Å²) in [6.07, 6.45) is 17.4. The van der Waals surface area contributed by atoms with Crippen molar-refractivity contribution in [1.82, 2.24) is 4.90 Å². The highest BCUT2D eigenvalue weighted by atomic mass is 16.3. The lowest BCUT2D eigenvalue weighted by atomic mass is 9.93. The molecule has 2 aliphatic carbocycles. The molecule has 29 heavy (non-hydrogen) atoms. The first-order valence-corrected chi connectivity index (χ1v) is 11.1. The average Bonchev–Trinajstić information content (AvgIpc) is 3.63. The van der Waals surface area contributed by atoms with Gasteiger partial charge in [-0.25, -0.2) is 0 Å². The van der Waals surface area contributed by atoms with Gasteiger partial charge in [0.05, 0.1) is 6.10 Å². The summed E-state index contributed by atoms with van der Waals surface area (Å²) in [6.45, 7) is 4.00. The molecule has 0 bridgehead atoms. The summed E-state index contributed by atoms with van der Waals surface area (Å²) in [5, 5.41) is 8.69. The molecule has 0 saturated heterocycles. The summed E-state index contributed by atoms with van der Waals surface area (Å²) in [7, 11) is 0. The Morgan fingerprint density at radius 3 is 1.59 bits per heavy atom. The summed E-state index contributed by atoms with van der Waals surface area (Å²) in [4.78, 5) is 2.68. The Morgan fingerprint density at radius 2 is 1.24 bits per heavy atom. The third-order valence-electron chi connectivity index (χ3n) is 5.85. The summed E-state index contributed by atoms with van der Waals surface area (Å²) >= 11 is 0. The van der Waals surface area contributed by atoms with Crippen LogP contribution >= 0.6 is 0 Å². The molecule has 1 atom stereocenters. The normalized spacial score (nSPS) is 17.4. The molecule has 0 heterocycles. The maximum Gasteiger partial charge on any atom is 0.0540 e. The molecule has 2 aromatic rings. The second kappa shape index (κ2) is 13.2. The molecule has 0 aromatic heterocycles. The molecular formula is C27H37NO. The van der Waals surface area contributed by atoms with E-state index < -0.39 is 0 Å². The molecule has 1 N–H and O–H groups in total. The Balaban J connectivity index is 0.000000317. The van der Waals surface area contributed by atoms with Gasteiger partial charge in [0.1, 0.15) is 0 Å². The van der Waals surface area contributed by atoms with Gasteiger partial charge >= 0.3 is 0 Å². The van der Waals surface area contributed by atoms with Gasteiger partial charge in [-0.2, -0.15) is 0 Å². The van der Waals surface area contributed by atoms with Gasteiger partial charge in [0.2, 0.25) is 0 Å². The minimum absolute atomic E-state index is 0.0370. The summed E-state index contributed by atoms with van der Waals surface area (Å²) < 4.78 is 0. The van der Waals surface area contributed by atoms with Crippen LogP contribution < -0.4 is 0 Å². The van der Waals surface area contributed by atoms with Crippen LogP contribution in [0.4, 0.5) is 0 Å². The number of benzene rings is 2. The molecular weight excluding hydrogens is 354 g/mol. The first kappa shape index (κ1) is 23.2. The van der Waals surface area contributed by atoms with Crippen molar-refractivity contribution >= 4 is 0 Å². The standard InChI is InChI=1S/C20H25N.C5H10O.C2H2/c1-4-10-18(11-5-1)16-21(20-14-8-3-9-15-20)17-19-12-6-2-7-13-19;1-4(6)5-2-3-5;1-2/h1-2,4-7,10-13,20H,3,8-9,14-17H2;4-6H,2-3H2,1H3;1-2H. The minimum Gasteiger partial charge on any atom is -0.393 e. The van der Waals surface area contributed by atoms with Gasteiger partial charge in [-0.05, 0) is 49.7 Å². The number of aliphatic hydroxyl groups excluding tert-OH is 1. The van der Waals surface area contributed by atoms with Gasteiger partial charge in [0.25, 0.3) is 0 Å². The Labute approximate surface area is 178 Å². The third-order valence-corrected chi connectivity index (χ3v) is 5.85. The van der Waals surface area contributed by atoms with Crippen molar-refractivity contribution in [1.29, 1.82) is 0 Å². The topological polar surface area (TPSA) is 23.5 Å². The van der Waals surface area contributed by atoms with Crippen LogP contribution in [0.3, 0.4) is 0 Å². The molecule has 2 heteroatoms. The highest BCUT2D eigenvalue weighted by Crippen LogP contribution is 2.31. The van der Waals surface area contributed by atoms with E-state index in [4.69, 9.17) is 5.11 Å². The van der Waals surface area contributed by atoms with Crippen molar-refractivity contribution in [2.24, 2.45) is 5.92 Å². The van der Waals surface area contributed by atoms with Crippen molar-refractivity contribution < 1.29 is 5.11 Å². The minimum atomic E-state index is -0.0370. The zero-order valence-electron chi connectivity index (χ0n) is 17.9. The molecule has 0 radical (unpaired) electrons. The van der Waals surface area contributed by atoms with E-state index in [1.165, 1.54) is 56.1 Å². The van der Waals surface area contributed by atoms with Crippen LogP contribution in [0, 0.1) is 18.8 Å². The van der Waals surface area contributed by atoms with E-state index in [2.05, 4.69) is 78.4 Å². The van der Waals surface area contributed by atoms with Gasteiger partial charge in [0, 0.05) is 19.1 Å². The molecule has 2 aromatic carbocycles. The highest BCUT2D eigenvalue weighted by Gasteiger charge is 2.25. The summed E-state index contributed by atoms with van der Waals surface area (Å²) in [5.74, 6) is 0.657. The molecule has 2 fully saturated rings. The Bertz CT molecular complexity index is 628. The molecule has 2 nitrogen and oxygen atoms in total. The van der Waals surface area contributed by atoms with Crippen molar-refractivity contribution in [2.45, 2.75) is 77.1 Å². The number of terminal acetylenes is 1. The van der Waals surface area contributed by atoms with Crippen LogP contribution in [0.25, 0.3) is 0 Å². The van der Waals surface area contributed by atoms with Gasteiger partial charge < -0.3 is 5.11 Å². The van der Waals surface area contributed by atoms with E-state index in [0.717, 1.165) is 19.1 Å². The van der Waals surface area contributed by atoms with Crippen LogP contribution in [0.15, 0.2) is 60.7 Å². The highest BCUT2D eigenvalue weighted by molar-refractivity contribution is 5.17. The zero-order chi connectivity index (χ0) is 20.9.